The van der Waals surface area contributed by atoms with E-state index in [9.17, 15) is 5.11 Å². The van der Waals surface area contributed by atoms with Crippen LogP contribution in [0.15, 0.2) is 16.5 Å². The lowest BCUT2D eigenvalue weighted by atomic mass is 9.68. The van der Waals surface area contributed by atoms with Gasteiger partial charge in [-0.05, 0) is 25.0 Å². The summed E-state index contributed by atoms with van der Waals surface area (Å²) < 4.78 is 10.6. The van der Waals surface area contributed by atoms with E-state index in [1.807, 2.05) is 12.1 Å². The molecule has 1 fully saturated rings. The third-order valence-electron chi connectivity index (χ3n) is 3.08. The molecule has 0 aromatic carbocycles. The number of rotatable bonds is 4. The minimum atomic E-state index is -0.0913. The van der Waals surface area contributed by atoms with Crippen molar-refractivity contribution in [3.8, 4) is 0 Å². The Morgan fingerprint density at radius 3 is 2.79 bits per heavy atom. The van der Waals surface area contributed by atoms with Crippen LogP contribution in [0.5, 0.6) is 0 Å². The quantitative estimate of drug-likeness (QED) is 0.799. The van der Waals surface area contributed by atoms with Crippen LogP contribution < -0.4 is 0 Å². The van der Waals surface area contributed by atoms with E-state index in [0.717, 1.165) is 24.4 Å². The highest BCUT2D eigenvalue weighted by Gasteiger charge is 2.40. The first kappa shape index (κ1) is 9.74. The summed E-state index contributed by atoms with van der Waals surface area (Å²) in [5, 5.41) is 9.34. The fourth-order valence-corrected chi connectivity index (χ4v) is 1.97. The Kier molecular flexibility index (Phi) is 2.61. The molecule has 3 heteroatoms. The highest BCUT2D eigenvalue weighted by molar-refractivity contribution is 5.20. The minimum Gasteiger partial charge on any atom is -0.463 e. The zero-order chi connectivity index (χ0) is 10.0. The second kappa shape index (κ2) is 3.75. The van der Waals surface area contributed by atoms with Gasteiger partial charge < -0.3 is 14.3 Å². The Bertz CT molecular complexity index is 294. The average molecular weight is 196 g/mol. The van der Waals surface area contributed by atoms with Crippen molar-refractivity contribution in [1.82, 2.24) is 0 Å². The molecule has 14 heavy (non-hydrogen) atoms. The van der Waals surface area contributed by atoms with Crippen molar-refractivity contribution in [3.63, 3.8) is 0 Å². The highest BCUT2D eigenvalue weighted by atomic mass is 16.5. The largest absolute Gasteiger partial charge is 0.463 e. The zero-order valence-corrected chi connectivity index (χ0v) is 8.45. The lowest BCUT2D eigenvalue weighted by Crippen LogP contribution is -2.37. The molecule has 0 bridgehead atoms. The second-order valence-corrected chi connectivity index (χ2v) is 3.99. The average Bonchev–Trinajstić information content (AvgIpc) is 2.54. The molecule has 1 aliphatic rings. The van der Waals surface area contributed by atoms with Gasteiger partial charge in [-0.2, -0.15) is 0 Å². The third kappa shape index (κ3) is 1.47. The molecular formula is C11H16O3. The topological polar surface area (TPSA) is 42.6 Å². The first-order valence-corrected chi connectivity index (χ1v) is 5.00. The van der Waals surface area contributed by atoms with Crippen molar-refractivity contribution < 1.29 is 14.3 Å². The molecule has 1 aromatic rings. The summed E-state index contributed by atoms with van der Waals surface area (Å²) in [6, 6.07) is 3.89. The fourth-order valence-electron chi connectivity index (χ4n) is 1.97. The predicted octanol–water partition coefficient (Wildman–Crippen LogP) is 1.84. The molecule has 0 aliphatic heterocycles. The van der Waals surface area contributed by atoms with E-state index in [1.54, 1.807) is 7.11 Å². The van der Waals surface area contributed by atoms with Crippen LogP contribution in [-0.4, -0.2) is 18.8 Å². The van der Waals surface area contributed by atoms with Crippen LogP contribution >= 0.6 is 0 Å². The van der Waals surface area contributed by atoms with Crippen LogP contribution in [0.25, 0.3) is 0 Å². The maximum absolute atomic E-state index is 9.34. The summed E-state index contributed by atoms with van der Waals surface area (Å²) in [4.78, 5) is 0. The van der Waals surface area contributed by atoms with Crippen LogP contribution in [-0.2, 0) is 16.8 Å². The van der Waals surface area contributed by atoms with Crippen molar-refractivity contribution in [2.75, 3.05) is 13.7 Å². The minimum absolute atomic E-state index is 0.0913. The van der Waals surface area contributed by atoms with Gasteiger partial charge in [-0.3, -0.25) is 0 Å². The first-order chi connectivity index (χ1) is 6.80. The van der Waals surface area contributed by atoms with Crippen LogP contribution in [0, 0.1) is 0 Å². The van der Waals surface area contributed by atoms with Crippen LogP contribution in [0.3, 0.4) is 0 Å². The normalized spacial score (nSPS) is 19.3. The van der Waals surface area contributed by atoms with Crippen LogP contribution in [0.4, 0.5) is 0 Å². The van der Waals surface area contributed by atoms with Crippen molar-refractivity contribution in [2.24, 2.45) is 0 Å². The van der Waals surface area contributed by atoms with Crippen molar-refractivity contribution in [1.29, 1.82) is 0 Å². The molecule has 3 nitrogen and oxygen atoms in total. The molecule has 1 heterocycles. The van der Waals surface area contributed by atoms with E-state index in [1.165, 1.54) is 6.42 Å². The van der Waals surface area contributed by atoms with E-state index in [2.05, 4.69) is 0 Å². The molecule has 0 unspecified atom stereocenters. The standard InChI is InChI=1S/C11H16O3/c1-13-7-9-3-4-10(14-9)11(8-12)5-2-6-11/h3-4,12H,2,5-8H2,1H3. The van der Waals surface area contributed by atoms with Crippen molar-refractivity contribution in [2.45, 2.75) is 31.3 Å². The SMILES string of the molecule is COCc1ccc(C2(CO)CCC2)o1. The molecule has 78 valence electrons. The summed E-state index contributed by atoms with van der Waals surface area (Å²) in [6.45, 7) is 0.689. The zero-order valence-electron chi connectivity index (χ0n) is 8.45. The molecule has 2 rings (SSSR count). The summed E-state index contributed by atoms with van der Waals surface area (Å²) >= 11 is 0. The molecule has 1 saturated carbocycles. The van der Waals surface area contributed by atoms with Gasteiger partial charge in [-0.15, -0.1) is 0 Å². The molecule has 1 aromatic heterocycles. The predicted molar refractivity (Wildman–Crippen MR) is 52.0 cm³/mol. The molecule has 1 N–H and O–H groups in total. The Balaban J connectivity index is 2.15. The second-order valence-electron chi connectivity index (χ2n) is 3.99. The number of hydrogen-bond acceptors (Lipinski definition) is 3. The first-order valence-electron chi connectivity index (χ1n) is 5.00. The fraction of sp³-hybridized carbons (Fsp3) is 0.636. The van der Waals surface area contributed by atoms with E-state index >= 15 is 0 Å². The lowest BCUT2D eigenvalue weighted by molar-refractivity contribution is 0.0920. The maximum Gasteiger partial charge on any atom is 0.129 e. The van der Waals surface area contributed by atoms with Gasteiger partial charge in [0.2, 0.25) is 0 Å². The highest BCUT2D eigenvalue weighted by Crippen LogP contribution is 2.43. The molecule has 1 aliphatic carbocycles. The number of methoxy groups -OCH3 is 1. The van der Waals surface area contributed by atoms with Crippen molar-refractivity contribution in [3.05, 3.63) is 23.7 Å². The van der Waals surface area contributed by atoms with Gasteiger partial charge in [0.1, 0.15) is 18.1 Å². The van der Waals surface area contributed by atoms with Gasteiger partial charge in [0.25, 0.3) is 0 Å². The van der Waals surface area contributed by atoms with Gasteiger partial charge in [0, 0.05) is 7.11 Å². The molecule has 0 atom stereocenters. The Hall–Kier alpha value is -0.800. The summed E-state index contributed by atoms with van der Waals surface area (Å²) in [7, 11) is 1.65. The van der Waals surface area contributed by atoms with Crippen LogP contribution in [0.2, 0.25) is 0 Å². The van der Waals surface area contributed by atoms with Crippen LogP contribution in [0.1, 0.15) is 30.8 Å². The Labute approximate surface area is 83.7 Å². The Morgan fingerprint density at radius 2 is 2.29 bits per heavy atom. The Morgan fingerprint density at radius 1 is 1.50 bits per heavy atom. The number of hydrogen-bond donors (Lipinski definition) is 1. The van der Waals surface area contributed by atoms with Gasteiger partial charge in [-0.25, -0.2) is 0 Å². The summed E-state index contributed by atoms with van der Waals surface area (Å²) in [5.41, 5.74) is -0.0913. The molecular weight excluding hydrogens is 180 g/mol. The number of aliphatic hydroxyl groups excluding tert-OH is 1. The number of ether oxygens (including phenoxy) is 1. The smallest absolute Gasteiger partial charge is 0.129 e. The number of aliphatic hydroxyl groups is 1. The van der Waals surface area contributed by atoms with E-state index in [0.29, 0.717) is 6.61 Å². The molecule has 0 radical (unpaired) electrons. The monoisotopic (exact) mass is 196 g/mol. The van der Waals surface area contributed by atoms with E-state index in [4.69, 9.17) is 9.15 Å². The van der Waals surface area contributed by atoms with Gasteiger partial charge in [0.05, 0.1) is 12.0 Å². The summed E-state index contributed by atoms with van der Waals surface area (Å²) in [6.07, 6.45) is 3.24. The van der Waals surface area contributed by atoms with Crippen molar-refractivity contribution >= 4 is 0 Å². The van der Waals surface area contributed by atoms with Gasteiger partial charge in [-0.1, -0.05) is 6.42 Å². The maximum atomic E-state index is 9.34. The molecule has 0 amide bonds. The van der Waals surface area contributed by atoms with E-state index in [-0.39, 0.29) is 12.0 Å². The lowest BCUT2D eigenvalue weighted by Gasteiger charge is -2.38. The summed E-state index contributed by atoms with van der Waals surface area (Å²) in [5.74, 6) is 1.75. The molecule has 0 spiro atoms. The molecule has 0 saturated heterocycles. The van der Waals surface area contributed by atoms with Gasteiger partial charge in [0.15, 0.2) is 0 Å². The van der Waals surface area contributed by atoms with Gasteiger partial charge >= 0.3 is 0 Å². The third-order valence-corrected chi connectivity index (χ3v) is 3.08. The number of furan rings is 1. The van der Waals surface area contributed by atoms with E-state index < -0.39 is 0 Å².